The van der Waals surface area contributed by atoms with Crippen LogP contribution in [0.2, 0.25) is 0 Å². The van der Waals surface area contributed by atoms with Crippen LogP contribution in [-0.2, 0) is 0 Å². The summed E-state index contributed by atoms with van der Waals surface area (Å²) in [7, 11) is 0. The zero-order valence-corrected chi connectivity index (χ0v) is 11.0. The molecule has 0 unspecified atom stereocenters. The summed E-state index contributed by atoms with van der Waals surface area (Å²) in [6.45, 7) is 3.34. The monoisotopic (exact) mass is 227 g/mol. The predicted molar refractivity (Wildman–Crippen MR) is 72.0 cm³/mol. The molecule has 1 aliphatic rings. The number of nitrogens with zero attached hydrogens (tertiary/aromatic N) is 1. The molecule has 1 heterocycles. The van der Waals surface area contributed by atoms with Gasteiger partial charge in [-0.25, -0.2) is 0 Å². The average molecular weight is 227 g/mol. The van der Waals surface area contributed by atoms with E-state index in [2.05, 4.69) is 11.9 Å². The van der Waals surface area contributed by atoms with Crippen LogP contribution in [-0.4, -0.2) is 17.3 Å². The van der Waals surface area contributed by atoms with Crippen molar-refractivity contribution in [3.05, 3.63) is 0 Å². The first-order valence-corrected chi connectivity index (χ1v) is 7.58. The molecule has 15 heavy (non-hydrogen) atoms. The van der Waals surface area contributed by atoms with Gasteiger partial charge in [0.05, 0.1) is 5.04 Å². The summed E-state index contributed by atoms with van der Waals surface area (Å²) in [6, 6.07) is 0. The molecule has 0 aromatic rings. The zero-order chi connectivity index (χ0) is 10.8. The van der Waals surface area contributed by atoms with Gasteiger partial charge >= 0.3 is 0 Å². The van der Waals surface area contributed by atoms with Crippen molar-refractivity contribution < 1.29 is 0 Å². The van der Waals surface area contributed by atoms with Crippen LogP contribution in [0.5, 0.6) is 0 Å². The largest absolute Gasteiger partial charge is 0.282 e. The Bertz CT molecular complexity index is 177. The van der Waals surface area contributed by atoms with Gasteiger partial charge in [0.2, 0.25) is 0 Å². The van der Waals surface area contributed by atoms with Crippen molar-refractivity contribution in [2.45, 2.75) is 64.7 Å². The van der Waals surface area contributed by atoms with Crippen molar-refractivity contribution in [1.82, 2.24) is 0 Å². The molecule has 0 aromatic heterocycles. The van der Waals surface area contributed by atoms with E-state index in [9.17, 15) is 0 Å². The lowest BCUT2D eigenvalue weighted by molar-refractivity contribution is 0.580. The van der Waals surface area contributed by atoms with Gasteiger partial charge in [-0.2, -0.15) is 0 Å². The SMILES string of the molecule is CCCCCCCCCCC1=NCCS1. The van der Waals surface area contributed by atoms with E-state index in [0.29, 0.717) is 0 Å². The van der Waals surface area contributed by atoms with Crippen LogP contribution in [0.15, 0.2) is 4.99 Å². The number of aliphatic imine (C=N–C) groups is 1. The van der Waals surface area contributed by atoms with E-state index in [4.69, 9.17) is 0 Å². The summed E-state index contributed by atoms with van der Waals surface area (Å²) in [5, 5.41) is 1.42. The number of unbranched alkanes of at least 4 members (excludes halogenated alkanes) is 7. The molecule has 1 rings (SSSR count). The van der Waals surface area contributed by atoms with Crippen LogP contribution in [0.4, 0.5) is 0 Å². The summed E-state index contributed by atoms with van der Waals surface area (Å²) in [5.41, 5.74) is 0. The van der Waals surface area contributed by atoms with Crippen LogP contribution in [0.25, 0.3) is 0 Å². The maximum absolute atomic E-state index is 4.47. The van der Waals surface area contributed by atoms with E-state index in [1.54, 1.807) is 0 Å². The van der Waals surface area contributed by atoms with Gasteiger partial charge < -0.3 is 0 Å². The molecule has 0 spiro atoms. The highest BCUT2D eigenvalue weighted by molar-refractivity contribution is 8.14. The van der Waals surface area contributed by atoms with Crippen molar-refractivity contribution in [2.24, 2.45) is 4.99 Å². The van der Waals surface area contributed by atoms with Gasteiger partial charge in [-0.3, -0.25) is 4.99 Å². The van der Waals surface area contributed by atoms with Crippen molar-refractivity contribution >= 4 is 16.8 Å². The Morgan fingerprint density at radius 3 is 2.27 bits per heavy atom. The lowest BCUT2D eigenvalue weighted by Crippen LogP contribution is -1.88. The third kappa shape index (κ3) is 6.99. The molecule has 1 nitrogen and oxygen atoms in total. The minimum Gasteiger partial charge on any atom is -0.282 e. The predicted octanol–water partition coefficient (Wildman–Crippen LogP) is 4.66. The van der Waals surface area contributed by atoms with E-state index in [-0.39, 0.29) is 0 Å². The molecule has 0 radical (unpaired) electrons. The summed E-state index contributed by atoms with van der Waals surface area (Å²) >= 11 is 1.97. The van der Waals surface area contributed by atoms with Gasteiger partial charge in [-0.15, -0.1) is 11.8 Å². The Hall–Kier alpha value is 0.0200. The number of rotatable bonds is 9. The summed E-state index contributed by atoms with van der Waals surface area (Å²) in [6.07, 6.45) is 12.6. The fraction of sp³-hybridized carbons (Fsp3) is 0.923. The van der Waals surface area contributed by atoms with Gasteiger partial charge in [0.1, 0.15) is 0 Å². The van der Waals surface area contributed by atoms with Crippen LogP contribution in [0.1, 0.15) is 64.7 Å². The normalized spacial score (nSPS) is 15.7. The highest BCUT2D eigenvalue weighted by Gasteiger charge is 2.05. The van der Waals surface area contributed by atoms with E-state index in [1.165, 1.54) is 68.6 Å². The van der Waals surface area contributed by atoms with Gasteiger partial charge in [0, 0.05) is 12.3 Å². The minimum atomic E-state index is 1.07. The van der Waals surface area contributed by atoms with Crippen molar-refractivity contribution in [3.8, 4) is 0 Å². The van der Waals surface area contributed by atoms with Crippen molar-refractivity contribution in [1.29, 1.82) is 0 Å². The second-order valence-electron chi connectivity index (χ2n) is 4.35. The quantitative estimate of drug-likeness (QED) is 0.522. The molecule has 2 heteroatoms. The first kappa shape index (κ1) is 13.1. The topological polar surface area (TPSA) is 12.4 Å². The van der Waals surface area contributed by atoms with Crippen LogP contribution in [0.3, 0.4) is 0 Å². The minimum absolute atomic E-state index is 1.07. The molecule has 88 valence electrons. The molecule has 0 aliphatic carbocycles. The molecule has 1 aliphatic heterocycles. The molecular formula is C13H25NS. The molecule has 0 saturated carbocycles. The van der Waals surface area contributed by atoms with Crippen LogP contribution >= 0.6 is 11.8 Å². The number of hydrogen-bond acceptors (Lipinski definition) is 2. The van der Waals surface area contributed by atoms with E-state index >= 15 is 0 Å². The maximum Gasteiger partial charge on any atom is 0.0676 e. The van der Waals surface area contributed by atoms with Crippen molar-refractivity contribution in [2.75, 3.05) is 12.3 Å². The maximum atomic E-state index is 4.47. The van der Waals surface area contributed by atoms with Crippen LogP contribution < -0.4 is 0 Å². The molecule has 0 bridgehead atoms. The third-order valence-electron chi connectivity index (χ3n) is 2.89. The molecule has 0 fully saturated rings. The molecule has 0 saturated heterocycles. The smallest absolute Gasteiger partial charge is 0.0676 e. The standard InChI is InChI=1S/C13H25NS/c1-2-3-4-5-6-7-8-9-10-13-14-11-12-15-13/h2-12H2,1H3. The lowest BCUT2D eigenvalue weighted by atomic mass is 10.1. The second-order valence-corrected chi connectivity index (χ2v) is 5.52. The molecule has 0 atom stereocenters. The van der Waals surface area contributed by atoms with Crippen molar-refractivity contribution in [3.63, 3.8) is 0 Å². The molecular weight excluding hydrogens is 202 g/mol. The van der Waals surface area contributed by atoms with Gasteiger partial charge in [-0.1, -0.05) is 51.9 Å². The fourth-order valence-electron chi connectivity index (χ4n) is 1.94. The zero-order valence-electron chi connectivity index (χ0n) is 10.1. The lowest BCUT2D eigenvalue weighted by Gasteiger charge is -2.01. The van der Waals surface area contributed by atoms with E-state index in [0.717, 1.165) is 6.54 Å². The van der Waals surface area contributed by atoms with Crippen LogP contribution in [0, 0.1) is 0 Å². The first-order chi connectivity index (χ1) is 7.43. The Morgan fingerprint density at radius 1 is 1.00 bits per heavy atom. The molecule has 0 amide bonds. The molecule has 0 N–H and O–H groups in total. The number of thioether (sulfide) groups is 1. The Balaban J connectivity index is 1.77. The number of hydrogen-bond donors (Lipinski definition) is 0. The highest BCUT2D eigenvalue weighted by atomic mass is 32.2. The van der Waals surface area contributed by atoms with Gasteiger partial charge in [0.15, 0.2) is 0 Å². The van der Waals surface area contributed by atoms with Gasteiger partial charge in [0.25, 0.3) is 0 Å². The fourth-order valence-corrected chi connectivity index (χ4v) is 2.83. The van der Waals surface area contributed by atoms with Gasteiger partial charge in [-0.05, 0) is 12.8 Å². The Kier molecular flexibility index (Phi) is 8.08. The summed E-state index contributed by atoms with van der Waals surface area (Å²) < 4.78 is 0. The first-order valence-electron chi connectivity index (χ1n) is 6.59. The van der Waals surface area contributed by atoms with E-state index < -0.39 is 0 Å². The highest BCUT2D eigenvalue weighted by Crippen LogP contribution is 2.17. The van der Waals surface area contributed by atoms with E-state index in [1.807, 2.05) is 11.8 Å². The Labute approximate surface area is 99.1 Å². The third-order valence-corrected chi connectivity index (χ3v) is 3.95. The second kappa shape index (κ2) is 9.26. The molecule has 0 aromatic carbocycles. The average Bonchev–Trinajstić information content (AvgIpc) is 2.75. The summed E-state index contributed by atoms with van der Waals surface area (Å²) in [5.74, 6) is 1.23. The summed E-state index contributed by atoms with van der Waals surface area (Å²) in [4.78, 5) is 4.47. The Morgan fingerprint density at radius 2 is 1.67 bits per heavy atom.